The van der Waals surface area contributed by atoms with E-state index in [1.54, 1.807) is 19.9 Å². The van der Waals surface area contributed by atoms with E-state index in [2.05, 4.69) is 6.58 Å². The summed E-state index contributed by atoms with van der Waals surface area (Å²) >= 11 is 0. The lowest BCUT2D eigenvalue weighted by Gasteiger charge is -2.12. The van der Waals surface area contributed by atoms with Gasteiger partial charge in [-0.15, -0.1) is 0 Å². The maximum atomic E-state index is 11.3. The van der Waals surface area contributed by atoms with E-state index in [1.165, 1.54) is 6.07 Å². The average molecular weight is 275 g/mol. The van der Waals surface area contributed by atoms with Crippen LogP contribution in [0.5, 0.6) is 5.75 Å². The quantitative estimate of drug-likeness (QED) is 0.626. The van der Waals surface area contributed by atoms with Crippen molar-refractivity contribution in [1.82, 2.24) is 0 Å². The Morgan fingerprint density at radius 3 is 2.41 bits per heavy atom. The highest BCUT2D eigenvalue weighted by Crippen LogP contribution is 2.29. The third-order valence-corrected chi connectivity index (χ3v) is 3.89. The van der Waals surface area contributed by atoms with Gasteiger partial charge in [-0.3, -0.25) is 0 Å². The predicted octanol–water partition coefficient (Wildman–Crippen LogP) is 3.19. The van der Waals surface area contributed by atoms with Crippen molar-refractivity contribution in [1.29, 1.82) is 0 Å². The van der Waals surface area contributed by atoms with Gasteiger partial charge in [0.25, 0.3) is 9.05 Å². The molecule has 0 bridgehead atoms. The first-order valence-electron chi connectivity index (χ1n) is 5.05. The second kappa shape index (κ2) is 5.10. The van der Waals surface area contributed by atoms with Crippen LogP contribution in [-0.4, -0.2) is 15.0 Å². The molecule has 5 heteroatoms. The molecule has 0 amide bonds. The maximum Gasteiger partial charge on any atom is 0.261 e. The Bertz CT molecular complexity index is 547. The Labute approximate surface area is 106 Å². The molecule has 0 unspecified atom stereocenters. The van der Waals surface area contributed by atoms with Crippen LogP contribution in [0.1, 0.15) is 18.1 Å². The van der Waals surface area contributed by atoms with Crippen molar-refractivity contribution in [2.24, 2.45) is 0 Å². The molecule has 1 rings (SSSR count). The highest BCUT2D eigenvalue weighted by atomic mass is 35.7. The summed E-state index contributed by atoms with van der Waals surface area (Å²) in [6.45, 7) is 9.51. The molecule has 0 saturated carbocycles. The van der Waals surface area contributed by atoms with Crippen molar-refractivity contribution >= 4 is 19.7 Å². The van der Waals surface area contributed by atoms with E-state index in [-0.39, 0.29) is 4.90 Å². The van der Waals surface area contributed by atoms with Gasteiger partial charge in [0.05, 0.1) is 4.90 Å². The number of ether oxygens (including phenoxy) is 1. The Balaban J connectivity index is 3.16. The molecule has 1 aromatic carbocycles. The Morgan fingerprint density at radius 1 is 1.35 bits per heavy atom. The number of hydrogen-bond donors (Lipinski definition) is 0. The molecule has 0 heterocycles. The molecule has 0 radical (unpaired) electrons. The minimum absolute atomic E-state index is 0.124. The highest BCUT2D eigenvalue weighted by molar-refractivity contribution is 8.13. The van der Waals surface area contributed by atoms with E-state index in [0.717, 1.165) is 11.1 Å². The van der Waals surface area contributed by atoms with Crippen LogP contribution in [0.4, 0.5) is 0 Å². The average Bonchev–Trinajstić information content (AvgIpc) is 2.18. The largest absolute Gasteiger partial charge is 0.489 e. The van der Waals surface area contributed by atoms with Gasteiger partial charge >= 0.3 is 0 Å². The van der Waals surface area contributed by atoms with E-state index in [0.29, 0.717) is 17.9 Å². The fraction of sp³-hybridized carbons (Fsp3) is 0.333. The second-order valence-corrected chi connectivity index (χ2v) is 6.53. The summed E-state index contributed by atoms with van der Waals surface area (Å²) in [6, 6.07) is 3.07. The minimum atomic E-state index is -3.70. The second-order valence-electron chi connectivity index (χ2n) is 4.00. The van der Waals surface area contributed by atoms with E-state index in [4.69, 9.17) is 15.4 Å². The first kappa shape index (κ1) is 14.1. The summed E-state index contributed by atoms with van der Waals surface area (Å²) in [5, 5.41) is 0. The molecular weight excluding hydrogens is 260 g/mol. The van der Waals surface area contributed by atoms with Gasteiger partial charge in [-0.05, 0) is 49.6 Å². The highest BCUT2D eigenvalue weighted by Gasteiger charge is 2.16. The topological polar surface area (TPSA) is 43.4 Å². The molecule has 0 aliphatic rings. The molecule has 94 valence electrons. The van der Waals surface area contributed by atoms with Crippen LogP contribution >= 0.6 is 10.7 Å². The van der Waals surface area contributed by atoms with Gasteiger partial charge in [0.1, 0.15) is 12.4 Å². The molecule has 0 fully saturated rings. The lowest BCUT2D eigenvalue weighted by molar-refractivity contribution is 0.349. The predicted molar refractivity (Wildman–Crippen MR) is 69.3 cm³/mol. The van der Waals surface area contributed by atoms with E-state index < -0.39 is 9.05 Å². The summed E-state index contributed by atoms with van der Waals surface area (Å²) in [6.07, 6.45) is 0. The third kappa shape index (κ3) is 3.48. The first-order chi connectivity index (χ1) is 7.73. The molecule has 17 heavy (non-hydrogen) atoms. The number of rotatable bonds is 4. The lowest BCUT2D eigenvalue weighted by atomic mass is 10.1. The van der Waals surface area contributed by atoms with Crippen LogP contribution in [0.3, 0.4) is 0 Å². The summed E-state index contributed by atoms with van der Waals surface area (Å²) in [7, 11) is 1.63. The Morgan fingerprint density at radius 2 is 1.94 bits per heavy atom. The van der Waals surface area contributed by atoms with Gasteiger partial charge in [0.15, 0.2) is 0 Å². The van der Waals surface area contributed by atoms with Crippen molar-refractivity contribution in [3.05, 3.63) is 35.4 Å². The van der Waals surface area contributed by atoms with Crippen LogP contribution in [0.15, 0.2) is 29.2 Å². The summed E-state index contributed by atoms with van der Waals surface area (Å²) in [5.41, 5.74) is 2.28. The zero-order valence-electron chi connectivity index (χ0n) is 10.1. The van der Waals surface area contributed by atoms with Crippen LogP contribution < -0.4 is 4.74 Å². The standard InChI is InChI=1S/C12H15ClO3S/c1-8(2)7-16-11-5-6-12(17(13,14)15)10(4)9(11)3/h5-6H,1,7H2,2-4H3. The Hall–Kier alpha value is -1.00. The number of halogens is 1. The van der Waals surface area contributed by atoms with Crippen LogP contribution in [0.2, 0.25) is 0 Å². The minimum Gasteiger partial charge on any atom is -0.489 e. The molecule has 3 nitrogen and oxygen atoms in total. The zero-order chi connectivity index (χ0) is 13.2. The SMILES string of the molecule is C=C(C)COc1ccc(S(=O)(=O)Cl)c(C)c1C. The number of hydrogen-bond acceptors (Lipinski definition) is 3. The van der Waals surface area contributed by atoms with Crippen LogP contribution in [0, 0.1) is 13.8 Å². The Kier molecular flexibility index (Phi) is 4.22. The van der Waals surface area contributed by atoms with E-state index >= 15 is 0 Å². The molecule has 0 spiro atoms. The first-order valence-corrected chi connectivity index (χ1v) is 7.36. The van der Waals surface area contributed by atoms with Gasteiger partial charge < -0.3 is 4.74 Å². The van der Waals surface area contributed by atoms with Crippen LogP contribution in [-0.2, 0) is 9.05 Å². The summed E-state index contributed by atoms with van der Waals surface area (Å²) < 4.78 is 28.1. The molecule has 0 N–H and O–H groups in total. The monoisotopic (exact) mass is 274 g/mol. The van der Waals surface area contributed by atoms with E-state index in [1.807, 2.05) is 6.92 Å². The van der Waals surface area contributed by atoms with Crippen molar-refractivity contribution in [3.8, 4) is 5.75 Å². The molecule has 0 aliphatic carbocycles. The molecule has 0 atom stereocenters. The van der Waals surface area contributed by atoms with Crippen molar-refractivity contribution in [2.75, 3.05) is 6.61 Å². The van der Waals surface area contributed by atoms with Crippen molar-refractivity contribution in [2.45, 2.75) is 25.7 Å². The van der Waals surface area contributed by atoms with Crippen molar-refractivity contribution in [3.63, 3.8) is 0 Å². The third-order valence-electron chi connectivity index (χ3n) is 2.42. The normalized spacial score (nSPS) is 11.3. The van der Waals surface area contributed by atoms with Gasteiger partial charge in [-0.1, -0.05) is 6.58 Å². The van der Waals surface area contributed by atoms with Crippen LogP contribution in [0.25, 0.3) is 0 Å². The maximum absolute atomic E-state index is 11.3. The van der Waals surface area contributed by atoms with Gasteiger partial charge in [0.2, 0.25) is 0 Å². The van der Waals surface area contributed by atoms with Gasteiger partial charge in [-0.25, -0.2) is 8.42 Å². The lowest BCUT2D eigenvalue weighted by Crippen LogP contribution is -2.03. The summed E-state index contributed by atoms with van der Waals surface area (Å²) in [4.78, 5) is 0.124. The fourth-order valence-electron chi connectivity index (χ4n) is 1.39. The molecule has 1 aromatic rings. The van der Waals surface area contributed by atoms with Crippen molar-refractivity contribution < 1.29 is 13.2 Å². The molecule has 0 aromatic heterocycles. The molecule has 0 aliphatic heterocycles. The fourth-order valence-corrected chi connectivity index (χ4v) is 2.64. The zero-order valence-corrected chi connectivity index (χ0v) is 11.7. The van der Waals surface area contributed by atoms with E-state index in [9.17, 15) is 8.42 Å². The summed E-state index contributed by atoms with van der Waals surface area (Å²) in [5.74, 6) is 0.648. The van der Waals surface area contributed by atoms with Gasteiger partial charge in [-0.2, -0.15) is 0 Å². The molecular formula is C12H15ClO3S. The van der Waals surface area contributed by atoms with Gasteiger partial charge in [0, 0.05) is 10.7 Å². The smallest absolute Gasteiger partial charge is 0.261 e. The molecule has 0 saturated heterocycles. The number of benzene rings is 1.